The van der Waals surface area contributed by atoms with Crippen molar-refractivity contribution in [3.05, 3.63) is 82.3 Å². The molecule has 0 bridgehead atoms. The molecule has 10 nitrogen and oxygen atoms in total. The van der Waals surface area contributed by atoms with Gasteiger partial charge in [-0.1, -0.05) is 18.2 Å². The Morgan fingerprint density at radius 3 is 2.66 bits per heavy atom. The van der Waals surface area contributed by atoms with Crippen LogP contribution in [0, 0.1) is 4.91 Å². The van der Waals surface area contributed by atoms with E-state index in [2.05, 4.69) is 37.5 Å². The normalized spacial score (nSPS) is 14.9. The van der Waals surface area contributed by atoms with Crippen molar-refractivity contribution in [1.82, 2.24) is 15.1 Å². The van der Waals surface area contributed by atoms with E-state index in [0.717, 1.165) is 31.9 Å². The second kappa shape index (κ2) is 11.0. The Morgan fingerprint density at radius 1 is 1.11 bits per heavy atom. The van der Waals surface area contributed by atoms with E-state index >= 15 is 0 Å². The molecule has 0 spiro atoms. The number of ether oxygens (including phenoxy) is 1. The molecule has 196 valence electrons. The molecule has 4 aromatic rings. The Hall–Kier alpha value is -4.28. The van der Waals surface area contributed by atoms with Gasteiger partial charge in [0.2, 0.25) is 0 Å². The Bertz CT molecular complexity index is 1460. The molecule has 1 fully saturated rings. The monoisotopic (exact) mass is 514 g/mol. The van der Waals surface area contributed by atoms with Crippen LogP contribution < -0.4 is 15.0 Å². The third-order valence-electron chi connectivity index (χ3n) is 6.81. The van der Waals surface area contributed by atoms with Crippen molar-refractivity contribution in [1.29, 1.82) is 0 Å². The number of amides is 1. The predicted octanol–water partition coefficient (Wildman–Crippen LogP) is 4.45. The first-order chi connectivity index (χ1) is 18.5. The molecule has 1 aromatic heterocycles. The predicted molar refractivity (Wildman–Crippen MR) is 147 cm³/mol. The van der Waals surface area contributed by atoms with E-state index in [1.54, 1.807) is 36.4 Å². The van der Waals surface area contributed by atoms with E-state index in [4.69, 9.17) is 4.74 Å². The zero-order valence-corrected chi connectivity index (χ0v) is 21.3. The molecule has 10 heteroatoms. The molecule has 1 amide bonds. The standard InChI is InChI=1S/C28H30N6O4/c1-3-38-21-6-4-5-18(15-21)26(35)19-7-10-24-23(16-19)27(31-30-24)29-28(36)22-9-8-20(17-25(22)32-37)34-13-11-33(2)12-14-34/h4-10,15-17,26,35H,3,11-14H2,1-2H3,(H2,29,30,31,36). The van der Waals surface area contributed by atoms with Crippen molar-refractivity contribution in [2.24, 2.45) is 5.18 Å². The molecule has 3 N–H and O–H groups in total. The molecule has 0 radical (unpaired) electrons. The number of anilines is 2. The highest BCUT2D eigenvalue weighted by atomic mass is 16.5. The Labute approximate surface area is 220 Å². The van der Waals surface area contributed by atoms with Crippen LogP contribution in [0.1, 0.15) is 34.5 Å². The second-order valence-electron chi connectivity index (χ2n) is 9.32. The lowest BCUT2D eigenvalue weighted by molar-refractivity contribution is 0.102. The van der Waals surface area contributed by atoms with Crippen molar-refractivity contribution < 1.29 is 14.6 Å². The summed E-state index contributed by atoms with van der Waals surface area (Å²) in [6.07, 6.45) is -0.897. The Balaban J connectivity index is 1.37. The molecule has 5 rings (SSSR count). The van der Waals surface area contributed by atoms with Gasteiger partial charge in [0, 0.05) is 37.3 Å². The number of rotatable bonds is 8. The van der Waals surface area contributed by atoms with Crippen LogP contribution >= 0.6 is 0 Å². The summed E-state index contributed by atoms with van der Waals surface area (Å²) in [5, 5.41) is 24.7. The van der Waals surface area contributed by atoms with Gasteiger partial charge in [0.15, 0.2) is 5.82 Å². The summed E-state index contributed by atoms with van der Waals surface area (Å²) in [5.41, 5.74) is 3.11. The molecule has 38 heavy (non-hydrogen) atoms. The summed E-state index contributed by atoms with van der Waals surface area (Å²) >= 11 is 0. The lowest BCUT2D eigenvalue weighted by atomic mass is 10.00. The number of likely N-dealkylation sites (N-methyl/N-ethyl adjacent to an activating group) is 1. The van der Waals surface area contributed by atoms with Crippen molar-refractivity contribution in [2.75, 3.05) is 50.1 Å². The number of nitrogens with zero attached hydrogens (tertiary/aromatic N) is 4. The largest absolute Gasteiger partial charge is 0.494 e. The quantitative estimate of drug-likeness (QED) is 0.297. The van der Waals surface area contributed by atoms with Crippen LogP contribution in [-0.4, -0.2) is 65.9 Å². The fraction of sp³-hybridized carbons (Fsp3) is 0.286. The molecule has 1 aliphatic rings. The van der Waals surface area contributed by atoms with Gasteiger partial charge in [-0.05, 0) is 72.7 Å². The summed E-state index contributed by atoms with van der Waals surface area (Å²) in [7, 11) is 2.07. The average molecular weight is 515 g/mol. The number of nitrogens with one attached hydrogen (secondary N) is 2. The van der Waals surface area contributed by atoms with Gasteiger partial charge in [-0.15, -0.1) is 4.91 Å². The molecule has 2 heterocycles. The maximum absolute atomic E-state index is 13.2. The fourth-order valence-electron chi connectivity index (χ4n) is 4.65. The molecule has 3 aromatic carbocycles. The molecule has 1 aliphatic heterocycles. The smallest absolute Gasteiger partial charge is 0.259 e. The van der Waals surface area contributed by atoms with Crippen molar-refractivity contribution in [3.63, 3.8) is 0 Å². The molecule has 1 unspecified atom stereocenters. The van der Waals surface area contributed by atoms with Crippen LogP contribution in [0.15, 0.2) is 65.8 Å². The topological polar surface area (TPSA) is 123 Å². The number of carbonyl (C=O) groups is 1. The van der Waals surface area contributed by atoms with Crippen LogP contribution in [0.3, 0.4) is 0 Å². The number of benzene rings is 3. The number of aliphatic hydroxyl groups is 1. The number of fused-ring (bicyclic) bond motifs is 1. The van der Waals surface area contributed by atoms with Gasteiger partial charge in [-0.2, -0.15) is 5.10 Å². The second-order valence-corrected chi connectivity index (χ2v) is 9.32. The minimum atomic E-state index is -0.897. The van der Waals surface area contributed by atoms with E-state index in [1.807, 2.05) is 31.2 Å². The van der Waals surface area contributed by atoms with Crippen LogP contribution in [0.5, 0.6) is 5.75 Å². The number of nitroso groups, excluding NO2 is 1. The maximum Gasteiger partial charge on any atom is 0.259 e. The van der Waals surface area contributed by atoms with Gasteiger partial charge in [0.1, 0.15) is 17.5 Å². The molecular formula is C28H30N6O4. The van der Waals surface area contributed by atoms with E-state index in [-0.39, 0.29) is 11.3 Å². The van der Waals surface area contributed by atoms with Crippen LogP contribution in [0.25, 0.3) is 10.9 Å². The molecule has 0 saturated carbocycles. The SMILES string of the molecule is CCOc1cccc(C(O)c2ccc3[nH]nc(NC(=O)c4ccc(N5CCN(C)CC5)cc4N=O)c3c2)c1. The third kappa shape index (κ3) is 5.22. The van der Waals surface area contributed by atoms with Crippen LogP contribution in [0.4, 0.5) is 17.2 Å². The first-order valence-corrected chi connectivity index (χ1v) is 12.6. The number of carbonyl (C=O) groups excluding carboxylic acids is 1. The lowest BCUT2D eigenvalue weighted by Gasteiger charge is -2.34. The third-order valence-corrected chi connectivity index (χ3v) is 6.81. The zero-order valence-electron chi connectivity index (χ0n) is 21.3. The van der Waals surface area contributed by atoms with Gasteiger partial charge in [-0.25, -0.2) is 0 Å². The number of hydrogen-bond acceptors (Lipinski definition) is 8. The number of H-pyrrole nitrogens is 1. The van der Waals surface area contributed by atoms with Crippen molar-refractivity contribution >= 4 is 34.0 Å². The maximum atomic E-state index is 13.2. The van der Waals surface area contributed by atoms with E-state index in [9.17, 15) is 14.8 Å². The average Bonchev–Trinajstić information content (AvgIpc) is 3.34. The summed E-state index contributed by atoms with van der Waals surface area (Å²) in [6.45, 7) is 5.96. The number of aliphatic hydroxyl groups excluding tert-OH is 1. The number of aromatic nitrogens is 2. The lowest BCUT2D eigenvalue weighted by Crippen LogP contribution is -2.44. The number of aromatic amines is 1. The first kappa shape index (κ1) is 25.4. The fourth-order valence-corrected chi connectivity index (χ4v) is 4.65. The highest BCUT2D eigenvalue weighted by Gasteiger charge is 2.20. The van der Waals surface area contributed by atoms with E-state index in [1.165, 1.54) is 0 Å². The summed E-state index contributed by atoms with van der Waals surface area (Å²) in [4.78, 5) is 29.2. The minimum absolute atomic E-state index is 0.0732. The number of hydrogen-bond donors (Lipinski definition) is 3. The minimum Gasteiger partial charge on any atom is -0.494 e. The summed E-state index contributed by atoms with van der Waals surface area (Å²) in [6, 6.07) is 17.8. The van der Waals surface area contributed by atoms with Crippen molar-refractivity contribution in [3.8, 4) is 5.75 Å². The van der Waals surface area contributed by atoms with Gasteiger partial charge in [-0.3, -0.25) is 9.89 Å². The summed E-state index contributed by atoms with van der Waals surface area (Å²) in [5.74, 6) is 0.482. The highest BCUT2D eigenvalue weighted by Crippen LogP contribution is 2.31. The van der Waals surface area contributed by atoms with Gasteiger partial charge in [0.25, 0.3) is 5.91 Å². The van der Waals surface area contributed by atoms with Gasteiger partial charge >= 0.3 is 0 Å². The van der Waals surface area contributed by atoms with E-state index < -0.39 is 12.0 Å². The molecule has 1 atom stereocenters. The van der Waals surface area contributed by atoms with Gasteiger partial charge in [0.05, 0.1) is 17.7 Å². The summed E-state index contributed by atoms with van der Waals surface area (Å²) < 4.78 is 5.55. The molecule has 1 saturated heterocycles. The van der Waals surface area contributed by atoms with Crippen molar-refractivity contribution in [2.45, 2.75) is 13.0 Å². The Kier molecular flexibility index (Phi) is 7.34. The zero-order chi connectivity index (χ0) is 26.6. The molecular weight excluding hydrogens is 484 g/mol. The first-order valence-electron chi connectivity index (χ1n) is 12.6. The number of piperazine rings is 1. The van der Waals surface area contributed by atoms with E-state index in [0.29, 0.717) is 40.2 Å². The van der Waals surface area contributed by atoms with Crippen LogP contribution in [-0.2, 0) is 0 Å². The molecule has 0 aliphatic carbocycles. The van der Waals surface area contributed by atoms with Gasteiger partial charge < -0.3 is 25.0 Å². The highest BCUT2D eigenvalue weighted by molar-refractivity contribution is 6.10. The Morgan fingerprint density at radius 2 is 1.89 bits per heavy atom. The van der Waals surface area contributed by atoms with Crippen LogP contribution in [0.2, 0.25) is 0 Å².